The number of rotatable bonds is 4. The van der Waals surface area contributed by atoms with Crippen LogP contribution >= 0.6 is 0 Å². The van der Waals surface area contributed by atoms with Crippen LogP contribution in [-0.2, 0) is 27.9 Å². The largest absolute Gasteiger partial charge is 0.305 e. The molecular formula is C24H23FN2O3S. The van der Waals surface area contributed by atoms with E-state index in [9.17, 15) is 17.6 Å². The number of carbonyl (C=O) groups is 1. The van der Waals surface area contributed by atoms with Gasteiger partial charge >= 0.3 is 0 Å². The predicted octanol–water partition coefficient (Wildman–Crippen LogP) is 4.18. The summed E-state index contributed by atoms with van der Waals surface area (Å²) in [6.07, 6.45) is 0. The van der Waals surface area contributed by atoms with Crippen LogP contribution in [0, 0.1) is 19.7 Å². The molecule has 160 valence electrons. The highest BCUT2D eigenvalue weighted by atomic mass is 32.2. The van der Waals surface area contributed by atoms with E-state index in [-0.39, 0.29) is 30.4 Å². The molecule has 0 saturated carbocycles. The third-order valence-electron chi connectivity index (χ3n) is 5.47. The number of hydrogen-bond donors (Lipinski definition) is 0. The van der Waals surface area contributed by atoms with E-state index < -0.39 is 15.8 Å². The molecule has 0 fully saturated rings. The second-order valence-corrected chi connectivity index (χ2v) is 9.69. The number of anilines is 1. The quantitative estimate of drug-likeness (QED) is 0.614. The molecule has 31 heavy (non-hydrogen) atoms. The fraction of sp³-hybridized carbons (Fsp3) is 0.208. The number of fused-ring (bicyclic) bond motifs is 1. The molecule has 0 unspecified atom stereocenters. The van der Waals surface area contributed by atoms with Crippen LogP contribution in [0.5, 0.6) is 0 Å². The van der Waals surface area contributed by atoms with Gasteiger partial charge in [-0.25, -0.2) is 12.8 Å². The third-order valence-corrected chi connectivity index (χ3v) is 7.31. The summed E-state index contributed by atoms with van der Waals surface area (Å²) in [5.41, 5.74) is 3.73. The van der Waals surface area contributed by atoms with Gasteiger partial charge in [0, 0.05) is 6.54 Å². The Hall–Kier alpha value is -3.03. The minimum atomic E-state index is -3.92. The maximum Gasteiger partial charge on any atom is 0.245 e. The molecule has 5 nitrogen and oxygen atoms in total. The Balaban J connectivity index is 1.77. The molecule has 4 rings (SSSR count). The van der Waals surface area contributed by atoms with E-state index >= 15 is 0 Å². The van der Waals surface area contributed by atoms with Crippen molar-refractivity contribution in [2.75, 3.05) is 11.4 Å². The molecule has 1 amide bonds. The summed E-state index contributed by atoms with van der Waals surface area (Å²) in [4.78, 5) is 14.7. The Morgan fingerprint density at radius 2 is 1.71 bits per heavy atom. The number of carbonyl (C=O) groups excluding carboxylic acids is 1. The lowest BCUT2D eigenvalue weighted by molar-refractivity contribution is -0.119. The lowest BCUT2D eigenvalue weighted by Gasteiger charge is -2.22. The van der Waals surface area contributed by atoms with Crippen molar-refractivity contribution in [3.05, 3.63) is 94.8 Å². The van der Waals surface area contributed by atoms with Gasteiger partial charge in [-0.3, -0.25) is 4.79 Å². The number of amides is 1. The SMILES string of the molecule is Cc1ccc(C)c(CN2CC(=O)N(Cc3cccc(F)c3)c3ccccc3S2(=O)=O)c1. The Labute approximate surface area is 181 Å². The average Bonchev–Trinajstić information content (AvgIpc) is 2.80. The summed E-state index contributed by atoms with van der Waals surface area (Å²) in [7, 11) is -3.92. The fourth-order valence-corrected chi connectivity index (χ4v) is 5.35. The van der Waals surface area contributed by atoms with Gasteiger partial charge in [-0.05, 0) is 54.8 Å². The maximum atomic E-state index is 13.7. The van der Waals surface area contributed by atoms with Gasteiger partial charge in [0.1, 0.15) is 10.7 Å². The molecule has 1 aliphatic rings. The van der Waals surface area contributed by atoms with Crippen molar-refractivity contribution in [1.29, 1.82) is 0 Å². The van der Waals surface area contributed by atoms with Gasteiger partial charge in [-0.1, -0.05) is 48.0 Å². The summed E-state index contributed by atoms with van der Waals surface area (Å²) in [5.74, 6) is -0.764. The van der Waals surface area contributed by atoms with Gasteiger partial charge in [0.25, 0.3) is 0 Å². The van der Waals surface area contributed by atoms with Crippen molar-refractivity contribution in [3.63, 3.8) is 0 Å². The van der Waals surface area contributed by atoms with E-state index in [0.29, 0.717) is 11.3 Å². The Morgan fingerprint density at radius 3 is 2.48 bits per heavy atom. The molecule has 0 aliphatic carbocycles. The third kappa shape index (κ3) is 4.24. The highest BCUT2D eigenvalue weighted by Gasteiger charge is 2.36. The first-order chi connectivity index (χ1) is 14.8. The van der Waals surface area contributed by atoms with Crippen LogP contribution in [0.4, 0.5) is 10.1 Å². The van der Waals surface area contributed by atoms with Crippen molar-refractivity contribution in [3.8, 4) is 0 Å². The first kappa shape index (κ1) is 21.2. The van der Waals surface area contributed by atoms with E-state index in [4.69, 9.17) is 0 Å². The van der Waals surface area contributed by atoms with Gasteiger partial charge < -0.3 is 4.90 Å². The number of hydrogen-bond acceptors (Lipinski definition) is 3. The number of nitrogens with zero attached hydrogens (tertiary/aromatic N) is 2. The zero-order valence-electron chi connectivity index (χ0n) is 17.4. The monoisotopic (exact) mass is 438 g/mol. The van der Waals surface area contributed by atoms with Crippen molar-refractivity contribution in [2.45, 2.75) is 31.8 Å². The second kappa shape index (κ2) is 8.24. The van der Waals surface area contributed by atoms with Crippen molar-refractivity contribution in [1.82, 2.24) is 4.31 Å². The number of benzene rings is 3. The number of sulfonamides is 1. The molecule has 0 bridgehead atoms. The summed E-state index contributed by atoms with van der Waals surface area (Å²) < 4.78 is 41.9. The zero-order chi connectivity index (χ0) is 22.2. The molecule has 0 radical (unpaired) electrons. The average molecular weight is 439 g/mol. The molecule has 0 aromatic heterocycles. The van der Waals surface area contributed by atoms with E-state index in [1.54, 1.807) is 30.3 Å². The molecule has 3 aromatic rings. The Morgan fingerprint density at radius 1 is 0.935 bits per heavy atom. The number of para-hydroxylation sites is 1. The van der Waals surface area contributed by atoms with E-state index in [1.807, 2.05) is 32.0 Å². The molecular weight excluding hydrogens is 415 g/mol. The Kier molecular flexibility index (Phi) is 5.64. The Bertz CT molecular complexity index is 1260. The summed E-state index contributed by atoms with van der Waals surface area (Å²) in [6, 6.07) is 18.3. The lowest BCUT2D eigenvalue weighted by atomic mass is 10.1. The summed E-state index contributed by atoms with van der Waals surface area (Å²) in [6.45, 7) is 3.76. The van der Waals surface area contributed by atoms with Crippen LogP contribution in [0.3, 0.4) is 0 Å². The molecule has 0 atom stereocenters. The first-order valence-corrected chi connectivity index (χ1v) is 11.4. The predicted molar refractivity (Wildman–Crippen MR) is 118 cm³/mol. The molecule has 1 aliphatic heterocycles. The van der Waals surface area contributed by atoms with Crippen LogP contribution in [-0.4, -0.2) is 25.2 Å². The number of halogens is 1. The maximum absolute atomic E-state index is 13.7. The van der Waals surface area contributed by atoms with E-state index in [1.165, 1.54) is 27.4 Å². The van der Waals surface area contributed by atoms with Crippen molar-refractivity contribution >= 4 is 21.6 Å². The minimum Gasteiger partial charge on any atom is -0.305 e. The van der Waals surface area contributed by atoms with Gasteiger partial charge in [-0.15, -0.1) is 0 Å². The molecule has 0 spiro atoms. The van der Waals surface area contributed by atoms with Crippen LogP contribution < -0.4 is 4.90 Å². The molecule has 0 N–H and O–H groups in total. The van der Waals surface area contributed by atoms with Crippen LogP contribution in [0.2, 0.25) is 0 Å². The minimum absolute atomic E-state index is 0.0718. The smallest absolute Gasteiger partial charge is 0.245 e. The molecule has 7 heteroatoms. The molecule has 0 saturated heterocycles. The van der Waals surface area contributed by atoms with Gasteiger partial charge in [-0.2, -0.15) is 4.31 Å². The second-order valence-electron chi connectivity index (χ2n) is 7.78. The van der Waals surface area contributed by atoms with E-state index in [0.717, 1.165) is 16.7 Å². The molecule has 1 heterocycles. The summed E-state index contributed by atoms with van der Waals surface area (Å²) >= 11 is 0. The number of aryl methyl sites for hydroxylation is 2. The van der Waals surface area contributed by atoms with Crippen molar-refractivity contribution in [2.24, 2.45) is 0 Å². The van der Waals surface area contributed by atoms with E-state index in [2.05, 4.69) is 0 Å². The van der Waals surface area contributed by atoms with Gasteiger partial charge in [0.2, 0.25) is 15.9 Å². The molecule has 3 aromatic carbocycles. The normalized spacial score (nSPS) is 16.1. The highest BCUT2D eigenvalue weighted by Crippen LogP contribution is 2.33. The lowest BCUT2D eigenvalue weighted by Crippen LogP contribution is -2.39. The van der Waals surface area contributed by atoms with Crippen LogP contribution in [0.1, 0.15) is 22.3 Å². The fourth-order valence-electron chi connectivity index (χ4n) is 3.79. The van der Waals surface area contributed by atoms with Gasteiger partial charge in [0.05, 0.1) is 18.8 Å². The van der Waals surface area contributed by atoms with Crippen LogP contribution in [0.25, 0.3) is 0 Å². The highest BCUT2D eigenvalue weighted by molar-refractivity contribution is 7.89. The standard InChI is InChI=1S/C24H23FN2O3S/c1-17-10-11-18(2)20(12-17)15-26-16-24(28)27(14-19-6-5-7-21(25)13-19)22-8-3-4-9-23(22)31(26,29)30/h3-13H,14-16H2,1-2H3. The van der Waals surface area contributed by atoms with Crippen molar-refractivity contribution < 1.29 is 17.6 Å². The van der Waals surface area contributed by atoms with Crippen LogP contribution in [0.15, 0.2) is 71.6 Å². The first-order valence-electron chi connectivity index (χ1n) is 9.96. The summed E-state index contributed by atoms with van der Waals surface area (Å²) in [5, 5.41) is 0. The topological polar surface area (TPSA) is 57.7 Å². The van der Waals surface area contributed by atoms with Gasteiger partial charge in [0.15, 0.2) is 0 Å². The zero-order valence-corrected chi connectivity index (χ0v) is 18.2.